The summed E-state index contributed by atoms with van der Waals surface area (Å²) in [7, 11) is 0. The molecule has 1 aliphatic rings. The number of nitrogens with zero attached hydrogens (tertiary/aromatic N) is 3. The SMILES string of the molecule is CC(C(=O)NCc1ccc(C(F)(F)F)nc1N1CCCCC1C)c1ccc(Cl)nc1. The van der Waals surface area contributed by atoms with Crippen LogP contribution in [-0.2, 0) is 17.5 Å². The molecule has 1 aliphatic heterocycles. The lowest BCUT2D eigenvalue weighted by atomic mass is 10.0. The molecule has 0 spiro atoms. The van der Waals surface area contributed by atoms with Crippen molar-refractivity contribution in [1.29, 1.82) is 0 Å². The second kappa shape index (κ2) is 9.20. The lowest BCUT2D eigenvalue weighted by Crippen LogP contribution is -2.39. The molecule has 30 heavy (non-hydrogen) atoms. The Morgan fingerprint density at radius 2 is 2.07 bits per heavy atom. The summed E-state index contributed by atoms with van der Waals surface area (Å²) in [6.45, 7) is 4.45. The van der Waals surface area contributed by atoms with Crippen molar-refractivity contribution in [3.63, 3.8) is 0 Å². The maximum Gasteiger partial charge on any atom is 0.433 e. The summed E-state index contributed by atoms with van der Waals surface area (Å²) in [5.41, 5.74) is 0.338. The lowest BCUT2D eigenvalue weighted by Gasteiger charge is -2.36. The normalized spacial score (nSPS) is 18.2. The summed E-state index contributed by atoms with van der Waals surface area (Å²) in [5, 5.41) is 3.15. The Morgan fingerprint density at radius 3 is 2.70 bits per heavy atom. The molecule has 9 heteroatoms. The van der Waals surface area contributed by atoms with Crippen molar-refractivity contribution in [2.75, 3.05) is 11.4 Å². The second-order valence-corrected chi connectivity index (χ2v) is 7.96. The topological polar surface area (TPSA) is 58.1 Å². The van der Waals surface area contributed by atoms with Crippen LogP contribution in [0.3, 0.4) is 0 Å². The molecule has 1 amide bonds. The fourth-order valence-corrected chi connectivity index (χ4v) is 3.68. The largest absolute Gasteiger partial charge is 0.433 e. The lowest BCUT2D eigenvalue weighted by molar-refractivity contribution is -0.141. The number of rotatable bonds is 5. The molecule has 162 valence electrons. The number of carbonyl (C=O) groups excluding carboxylic acids is 1. The van der Waals surface area contributed by atoms with Gasteiger partial charge in [-0.2, -0.15) is 13.2 Å². The first kappa shape index (κ1) is 22.3. The number of amides is 1. The highest BCUT2D eigenvalue weighted by Crippen LogP contribution is 2.33. The van der Waals surface area contributed by atoms with Crippen LogP contribution >= 0.6 is 11.6 Å². The average Bonchev–Trinajstić information content (AvgIpc) is 2.71. The zero-order valence-corrected chi connectivity index (χ0v) is 17.6. The third kappa shape index (κ3) is 5.22. The monoisotopic (exact) mass is 440 g/mol. The highest BCUT2D eigenvalue weighted by molar-refractivity contribution is 6.29. The molecule has 1 N–H and O–H groups in total. The van der Waals surface area contributed by atoms with Crippen LogP contribution in [0.25, 0.3) is 0 Å². The van der Waals surface area contributed by atoms with E-state index in [4.69, 9.17) is 11.6 Å². The fraction of sp³-hybridized carbons (Fsp3) is 0.476. The van der Waals surface area contributed by atoms with Gasteiger partial charge in [-0.1, -0.05) is 23.7 Å². The van der Waals surface area contributed by atoms with Crippen molar-refractivity contribution in [3.8, 4) is 0 Å². The number of nitrogens with one attached hydrogen (secondary N) is 1. The molecule has 3 rings (SSSR count). The zero-order chi connectivity index (χ0) is 21.9. The predicted octanol–water partition coefficient (Wildman–Crippen LogP) is 4.95. The van der Waals surface area contributed by atoms with E-state index in [9.17, 15) is 18.0 Å². The molecule has 0 saturated carbocycles. The highest BCUT2D eigenvalue weighted by Gasteiger charge is 2.34. The van der Waals surface area contributed by atoms with E-state index in [-0.39, 0.29) is 24.3 Å². The molecule has 0 aliphatic carbocycles. The summed E-state index contributed by atoms with van der Waals surface area (Å²) < 4.78 is 39.7. The van der Waals surface area contributed by atoms with E-state index < -0.39 is 17.8 Å². The van der Waals surface area contributed by atoms with Crippen LogP contribution in [0.2, 0.25) is 5.15 Å². The highest BCUT2D eigenvalue weighted by atomic mass is 35.5. The Balaban J connectivity index is 1.80. The molecule has 2 aromatic heterocycles. The van der Waals surface area contributed by atoms with Gasteiger partial charge in [-0.25, -0.2) is 9.97 Å². The Bertz CT molecular complexity index is 889. The van der Waals surface area contributed by atoms with Crippen LogP contribution in [0.5, 0.6) is 0 Å². The van der Waals surface area contributed by atoms with E-state index in [1.165, 1.54) is 12.3 Å². The van der Waals surface area contributed by atoms with Crippen LogP contribution in [0, 0.1) is 0 Å². The summed E-state index contributed by atoms with van der Waals surface area (Å²) in [6, 6.07) is 5.78. The minimum absolute atomic E-state index is 0.0863. The molecule has 1 fully saturated rings. The van der Waals surface area contributed by atoms with Gasteiger partial charge in [-0.05, 0) is 50.8 Å². The van der Waals surface area contributed by atoms with Gasteiger partial charge >= 0.3 is 6.18 Å². The molecule has 2 aromatic rings. The number of pyridine rings is 2. The Hall–Kier alpha value is -2.35. The van der Waals surface area contributed by atoms with Gasteiger partial charge in [-0.15, -0.1) is 0 Å². The second-order valence-electron chi connectivity index (χ2n) is 7.57. The van der Waals surface area contributed by atoms with Crippen LogP contribution in [0.4, 0.5) is 19.0 Å². The van der Waals surface area contributed by atoms with Gasteiger partial charge in [0.15, 0.2) is 0 Å². The fourth-order valence-electron chi connectivity index (χ4n) is 3.56. The maximum absolute atomic E-state index is 13.2. The van der Waals surface area contributed by atoms with Crippen LogP contribution in [0.15, 0.2) is 30.5 Å². The van der Waals surface area contributed by atoms with Gasteiger partial charge in [0.05, 0.1) is 5.92 Å². The summed E-state index contributed by atoms with van der Waals surface area (Å²) in [5.74, 6) is -0.440. The molecule has 1 saturated heterocycles. The van der Waals surface area contributed by atoms with Gasteiger partial charge in [0.25, 0.3) is 0 Å². The van der Waals surface area contributed by atoms with Crippen LogP contribution in [0.1, 0.15) is 55.8 Å². The molecule has 2 unspecified atom stereocenters. The number of aromatic nitrogens is 2. The average molecular weight is 441 g/mol. The van der Waals surface area contributed by atoms with Gasteiger partial charge in [0.2, 0.25) is 5.91 Å². The Labute approximate surface area is 178 Å². The number of anilines is 1. The molecular weight excluding hydrogens is 417 g/mol. The minimum Gasteiger partial charge on any atom is -0.354 e. The minimum atomic E-state index is -4.52. The number of carbonyl (C=O) groups is 1. The number of halogens is 4. The van der Waals surface area contributed by atoms with Crippen LogP contribution in [-0.4, -0.2) is 28.5 Å². The maximum atomic E-state index is 13.2. The summed E-state index contributed by atoms with van der Waals surface area (Å²) >= 11 is 5.78. The standard InChI is InChI=1S/C21H24ClF3N4O/c1-13-5-3-4-10-29(13)19-16(6-8-17(28-19)21(23,24)25)12-27-20(30)14(2)15-7-9-18(22)26-11-15/h6-9,11,13-14H,3-5,10,12H2,1-2H3,(H,27,30). The smallest absolute Gasteiger partial charge is 0.354 e. The van der Waals surface area contributed by atoms with E-state index in [0.29, 0.717) is 22.8 Å². The molecule has 0 radical (unpaired) electrons. The molecule has 2 atom stereocenters. The summed E-state index contributed by atoms with van der Waals surface area (Å²) in [4.78, 5) is 22.4. The van der Waals surface area contributed by atoms with Crippen molar-refractivity contribution in [2.45, 2.75) is 57.8 Å². The van der Waals surface area contributed by atoms with Crippen molar-refractivity contribution < 1.29 is 18.0 Å². The van der Waals surface area contributed by atoms with Gasteiger partial charge < -0.3 is 10.2 Å². The first-order chi connectivity index (χ1) is 14.2. The van der Waals surface area contributed by atoms with Crippen molar-refractivity contribution >= 4 is 23.3 Å². The quantitative estimate of drug-likeness (QED) is 0.668. The van der Waals surface area contributed by atoms with E-state index in [1.54, 1.807) is 19.1 Å². The summed E-state index contributed by atoms with van der Waals surface area (Å²) in [6.07, 6.45) is -0.160. The third-order valence-electron chi connectivity index (χ3n) is 5.42. The third-order valence-corrected chi connectivity index (χ3v) is 5.64. The molecule has 0 aromatic carbocycles. The van der Waals surface area contributed by atoms with Gasteiger partial charge in [0, 0.05) is 30.9 Å². The van der Waals surface area contributed by atoms with Gasteiger partial charge in [-0.3, -0.25) is 4.79 Å². The van der Waals surface area contributed by atoms with Crippen molar-refractivity contribution in [3.05, 3.63) is 52.4 Å². The number of hydrogen-bond donors (Lipinski definition) is 1. The van der Waals surface area contributed by atoms with E-state index >= 15 is 0 Å². The van der Waals surface area contributed by atoms with Crippen molar-refractivity contribution in [2.24, 2.45) is 0 Å². The zero-order valence-electron chi connectivity index (χ0n) is 16.8. The molecule has 5 nitrogen and oxygen atoms in total. The van der Waals surface area contributed by atoms with Crippen molar-refractivity contribution in [1.82, 2.24) is 15.3 Å². The Morgan fingerprint density at radius 1 is 1.30 bits per heavy atom. The molecule has 3 heterocycles. The predicted molar refractivity (Wildman–Crippen MR) is 109 cm³/mol. The van der Waals surface area contributed by atoms with E-state index in [2.05, 4.69) is 15.3 Å². The first-order valence-corrected chi connectivity index (χ1v) is 10.3. The molecular formula is C21H24ClF3N4O. The van der Waals surface area contributed by atoms with Crippen LogP contribution < -0.4 is 10.2 Å². The number of alkyl halides is 3. The van der Waals surface area contributed by atoms with Gasteiger partial charge in [0.1, 0.15) is 16.7 Å². The number of piperidine rings is 1. The first-order valence-electron chi connectivity index (χ1n) is 9.89. The number of hydrogen-bond acceptors (Lipinski definition) is 4. The molecule has 0 bridgehead atoms. The van der Waals surface area contributed by atoms with E-state index in [1.807, 2.05) is 11.8 Å². The Kier molecular flexibility index (Phi) is 6.85. The van der Waals surface area contributed by atoms with E-state index in [0.717, 1.165) is 25.3 Å².